The first kappa shape index (κ1) is 16.8. The normalized spacial score (nSPS) is 21.6. The van der Waals surface area contributed by atoms with Crippen LogP contribution in [0.1, 0.15) is 50.0 Å². The molecule has 2 unspecified atom stereocenters. The van der Waals surface area contributed by atoms with E-state index in [-0.39, 0.29) is 29.7 Å². The maximum Gasteiger partial charge on any atom is 0.133 e. The number of halogens is 1. The zero-order valence-corrected chi connectivity index (χ0v) is 12.8. The quantitative estimate of drug-likeness (QED) is 0.744. The minimum Gasteiger partial charge on any atom is -0.507 e. The van der Waals surface area contributed by atoms with Crippen LogP contribution in [-0.4, -0.2) is 21.8 Å². The number of hydrogen-bond acceptors (Lipinski definition) is 4. The first-order valence-electron chi connectivity index (χ1n) is 6.54. The number of phenols is 1. The molecule has 0 amide bonds. The summed E-state index contributed by atoms with van der Waals surface area (Å²) in [6, 6.07) is 5.20. The van der Waals surface area contributed by atoms with Crippen molar-refractivity contribution >= 4 is 12.4 Å². The second kappa shape index (κ2) is 6.01. The number of hydrogen-bond donors (Lipinski definition) is 3. The lowest BCUT2D eigenvalue weighted by atomic mass is 9.82. The van der Waals surface area contributed by atoms with Crippen molar-refractivity contribution in [3.63, 3.8) is 0 Å². The second-order valence-electron chi connectivity index (χ2n) is 6.12. The Labute approximate surface area is 125 Å². The summed E-state index contributed by atoms with van der Waals surface area (Å²) in [4.78, 5) is 0. The van der Waals surface area contributed by atoms with Crippen molar-refractivity contribution in [1.82, 2.24) is 5.32 Å². The third-order valence-corrected chi connectivity index (χ3v) is 3.46. The Bertz CT molecular complexity index is 532. The lowest BCUT2D eigenvalue weighted by Gasteiger charge is -2.36. The lowest BCUT2D eigenvalue weighted by molar-refractivity contribution is 0.0999. The van der Waals surface area contributed by atoms with Crippen LogP contribution in [0.25, 0.3) is 0 Å². The van der Waals surface area contributed by atoms with Crippen LogP contribution in [0.5, 0.6) is 5.75 Å². The van der Waals surface area contributed by atoms with E-state index in [2.05, 4.69) is 26.1 Å². The van der Waals surface area contributed by atoms with E-state index in [0.717, 1.165) is 17.5 Å². The van der Waals surface area contributed by atoms with Gasteiger partial charge in [-0.15, -0.1) is 12.4 Å². The van der Waals surface area contributed by atoms with E-state index in [1.807, 2.05) is 6.07 Å². The summed E-state index contributed by atoms with van der Waals surface area (Å²) in [5.41, 5.74) is 1.76. The average molecular weight is 297 g/mol. The van der Waals surface area contributed by atoms with E-state index in [0.29, 0.717) is 12.0 Å². The largest absolute Gasteiger partial charge is 0.507 e. The molecule has 1 aromatic rings. The van der Waals surface area contributed by atoms with Gasteiger partial charge in [-0.3, -0.25) is 0 Å². The van der Waals surface area contributed by atoms with E-state index in [1.165, 1.54) is 6.07 Å². The number of aromatic hydroxyl groups is 1. The molecule has 2 rings (SSSR count). The maximum atomic E-state index is 10.4. The summed E-state index contributed by atoms with van der Waals surface area (Å²) < 4.78 is 0. The van der Waals surface area contributed by atoms with Crippen LogP contribution in [0.3, 0.4) is 0 Å². The molecule has 0 spiro atoms. The lowest BCUT2D eigenvalue weighted by Crippen LogP contribution is -2.48. The van der Waals surface area contributed by atoms with Gasteiger partial charge in [-0.1, -0.05) is 6.07 Å². The Morgan fingerprint density at radius 3 is 2.55 bits per heavy atom. The fourth-order valence-electron chi connectivity index (χ4n) is 2.70. The predicted molar refractivity (Wildman–Crippen MR) is 80.0 cm³/mol. The number of fused-ring (bicyclic) bond motifs is 1. The molecule has 2 atom stereocenters. The Kier molecular flexibility index (Phi) is 5.04. The van der Waals surface area contributed by atoms with Crippen LogP contribution in [0, 0.1) is 11.3 Å². The molecule has 0 saturated carbocycles. The molecule has 0 bridgehead atoms. The van der Waals surface area contributed by atoms with Gasteiger partial charge in [-0.2, -0.15) is 5.26 Å². The second-order valence-corrected chi connectivity index (χ2v) is 6.12. The predicted octanol–water partition coefficient (Wildman–Crippen LogP) is 2.42. The van der Waals surface area contributed by atoms with E-state index >= 15 is 0 Å². The minimum absolute atomic E-state index is 0. The number of aliphatic hydroxyl groups excluding tert-OH is 1. The molecule has 1 aliphatic carbocycles. The number of aliphatic hydroxyl groups is 1. The fraction of sp³-hybridized carbons (Fsp3) is 0.533. The Hall–Kier alpha value is -1.28. The molecular formula is C15H21ClN2O2. The van der Waals surface area contributed by atoms with Gasteiger partial charge in [0.25, 0.3) is 0 Å². The maximum absolute atomic E-state index is 10.4. The molecule has 20 heavy (non-hydrogen) atoms. The van der Waals surface area contributed by atoms with Crippen LogP contribution in [0.15, 0.2) is 12.1 Å². The van der Waals surface area contributed by atoms with Gasteiger partial charge in [-0.25, -0.2) is 0 Å². The van der Waals surface area contributed by atoms with Crippen molar-refractivity contribution in [2.24, 2.45) is 0 Å². The van der Waals surface area contributed by atoms with Gasteiger partial charge in [0.2, 0.25) is 0 Å². The monoisotopic (exact) mass is 296 g/mol. The molecule has 0 heterocycles. The summed E-state index contributed by atoms with van der Waals surface area (Å²) in [5.74, 6) is -0.00400. The van der Waals surface area contributed by atoms with E-state index in [1.54, 1.807) is 6.07 Å². The van der Waals surface area contributed by atoms with Crippen LogP contribution in [0.4, 0.5) is 0 Å². The molecular weight excluding hydrogens is 276 g/mol. The zero-order valence-electron chi connectivity index (χ0n) is 12.0. The van der Waals surface area contributed by atoms with E-state index in [9.17, 15) is 10.2 Å². The SMILES string of the molecule is CC(C)(C)NC1CCc2c(ccc(O)c2C#N)C1O.Cl. The molecule has 0 aromatic heterocycles. The molecule has 4 nitrogen and oxygen atoms in total. The third-order valence-electron chi connectivity index (χ3n) is 3.46. The van der Waals surface area contributed by atoms with Crippen molar-refractivity contribution in [3.05, 3.63) is 28.8 Å². The standard InChI is InChI=1S/C15H20N2O2.ClH/c1-15(2,3)17-12-6-4-9-10(14(12)19)5-7-13(18)11(9)8-16;/h5,7,12,14,17-19H,4,6H2,1-3H3;1H. The molecule has 0 saturated heterocycles. The molecule has 1 aliphatic rings. The van der Waals surface area contributed by atoms with Crippen molar-refractivity contribution in [3.8, 4) is 11.8 Å². The minimum atomic E-state index is -0.643. The highest BCUT2D eigenvalue weighted by molar-refractivity contribution is 5.85. The average Bonchev–Trinajstić information content (AvgIpc) is 2.31. The van der Waals surface area contributed by atoms with Gasteiger partial charge in [0.1, 0.15) is 11.8 Å². The summed E-state index contributed by atoms with van der Waals surface area (Å²) in [6.45, 7) is 6.19. The Morgan fingerprint density at radius 1 is 1.35 bits per heavy atom. The smallest absolute Gasteiger partial charge is 0.133 e. The molecule has 1 aromatic carbocycles. The van der Waals surface area contributed by atoms with E-state index < -0.39 is 6.10 Å². The molecule has 5 heteroatoms. The van der Waals surface area contributed by atoms with Crippen LogP contribution in [-0.2, 0) is 6.42 Å². The van der Waals surface area contributed by atoms with Gasteiger partial charge in [0.05, 0.1) is 11.7 Å². The van der Waals surface area contributed by atoms with Gasteiger partial charge in [-0.05, 0) is 50.8 Å². The molecule has 3 N–H and O–H groups in total. The molecule has 0 radical (unpaired) electrons. The van der Waals surface area contributed by atoms with Crippen LogP contribution in [0.2, 0.25) is 0 Å². The number of nitriles is 1. The summed E-state index contributed by atoms with van der Waals surface area (Å²) in [5, 5.41) is 32.6. The van der Waals surface area contributed by atoms with Crippen molar-refractivity contribution in [2.75, 3.05) is 0 Å². The number of nitrogens with zero attached hydrogens (tertiary/aromatic N) is 1. The fourth-order valence-corrected chi connectivity index (χ4v) is 2.70. The highest BCUT2D eigenvalue weighted by atomic mass is 35.5. The summed E-state index contributed by atoms with van der Waals surface area (Å²) in [6.07, 6.45) is 0.803. The highest BCUT2D eigenvalue weighted by Crippen LogP contribution is 2.35. The first-order valence-corrected chi connectivity index (χ1v) is 6.54. The van der Waals surface area contributed by atoms with Crippen molar-refractivity contribution < 1.29 is 10.2 Å². The Morgan fingerprint density at radius 2 is 2.00 bits per heavy atom. The van der Waals surface area contributed by atoms with Gasteiger partial charge in [0, 0.05) is 11.6 Å². The molecule has 0 fully saturated rings. The number of benzene rings is 1. The zero-order chi connectivity index (χ0) is 14.2. The summed E-state index contributed by atoms with van der Waals surface area (Å²) >= 11 is 0. The van der Waals surface area contributed by atoms with Gasteiger partial charge in [0.15, 0.2) is 0 Å². The van der Waals surface area contributed by atoms with Gasteiger partial charge < -0.3 is 15.5 Å². The highest BCUT2D eigenvalue weighted by Gasteiger charge is 2.32. The van der Waals surface area contributed by atoms with Crippen molar-refractivity contribution in [1.29, 1.82) is 5.26 Å². The van der Waals surface area contributed by atoms with Crippen LogP contribution >= 0.6 is 12.4 Å². The van der Waals surface area contributed by atoms with Crippen molar-refractivity contribution in [2.45, 2.75) is 51.3 Å². The Balaban J connectivity index is 0.00000200. The third kappa shape index (κ3) is 3.24. The number of nitrogens with one attached hydrogen (secondary N) is 1. The number of rotatable bonds is 1. The molecule has 0 aliphatic heterocycles. The molecule has 110 valence electrons. The van der Waals surface area contributed by atoms with E-state index in [4.69, 9.17) is 5.26 Å². The summed E-state index contributed by atoms with van der Waals surface area (Å²) in [7, 11) is 0. The first-order chi connectivity index (χ1) is 8.83. The number of phenolic OH excluding ortho intramolecular Hbond substituents is 1. The van der Waals surface area contributed by atoms with Gasteiger partial charge >= 0.3 is 0 Å². The van der Waals surface area contributed by atoms with Crippen LogP contribution < -0.4 is 5.32 Å². The topological polar surface area (TPSA) is 76.3 Å².